The Morgan fingerprint density at radius 3 is 3.05 bits per heavy atom. The molecule has 0 atom stereocenters. The van der Waals surface area contributed by atoms with E-state index in [1.54, 1.807) is 4.57 Å². The van der Waals surface area contributed by atoms with Crippen LogP contribution in [-0.4, -0.2) is 42.3 Å². The van der Waals surface area contributed by atoms with Gasteiger partial charge in [-0.05, 0) is 5.57 Å². The number of nitrogens with zero attached hydrogens (tertiary/aromatic N) is 3. The fraction of sp³-hybridized carbons (Fsp3) is 0.300. The summed E-state index contributed by atoms with van der Waals surface area (Å²) < 4.78 is 6.67. The van der Waals surface area contributed by atoms with Crippen LogP contribution in [0.3, 0.4) is 0 Å². The number of nitrogen functional groups attached to an aromatic ring is 1. The Bertz CT molecular complexity index is 680. The number of hydrogen-bond donors (Lipinski definition) is 4. The third-order valence-electron chi connectivity index (χ3n) is 2.40. The molecule has 2 aromatic heterocycles. The highest BCUT2D eigenvalue weighted by Gasteiger charge is 2.10. The van der Waals surface area contributed by atoms with Crippen molar-refractivity contribution in [2.75, 3.05) is 18.7 Å². The number of rotatable bonds is 6. The summed E-state index contributed by atoms with van der Waals surface area (Å²) in [7, 11) is -2.07. The molecular formula is C10H14N5O4P. The summed E-state index contributed by atoms with van der Waals surface area (Å²) in [4.78, 5) is 39.4. The van der Waals surface area contributed by atoms with Gasteiger partial charge in [0.15, 0.2) is 19.5 Å². The average Bonchev–Trinajstić information content (AvgIpc) is 2.72. The maximum absolute atomic E-state index is 11.6. The molecule has 0 aliphatic heterocycles. The minimum absolute atomic E-state index is 0.0114. The molecule has 0 aliphatic rings. The summed E-state index contributed by atoms with van der Waals surface area (Å²) in [5.41, 5.74) is 6.31. The van der Waals surface area contributed by atoms with Crippen LogP contribution in [0.1, 0.15) is 0 Å². The number of imidazole rings is 1. The van der Waals surface area contributed by atoms with E-state index >= 15 is 0 Å². The zero-order valence-electron chi connectivity index (χ0n) is 10.5. The van der Waals surface area contributed by atoms with Crippen molar-refractivity contribution in [1.82, 2.24) is 19.5 Å². The average molecular weight is 299 g/mol. The highest BCUT2D eigenvalue weighted by Crippen LogP contribution is 2.22. The lowest BCUT2D eigenvalue weighted by molar-refractivity contribution is 0.189. The van der Waals surface area contributed by atoms with Crippen LogP contribution >= 0.6 is 8.38 Å². The second-order valence-electron chi connectivity index (χ2n) is 4.10. The number of hydrogen-bond acceptors (Lipinski definition) is 7. The van der Waals surface area contributed by atoms with Crippen LogP contribution in [0.15, 0.2) is 23.3 Å². The zero-order chi connectivity index (χ0) is 14.7. The van der Waals surface area contributed by atoms with Crippen molar-refractivity contribution in [2.45, 2.75) is 6.54 Å². The Kier molecular flexibility index (Phi) is 4.46. The second kappa shape index (κ2) is 6.10. The molecule has 0 amide bonds. The van der Waals surface area contributed by atoms with Crippen LogP contribution in [0.2, 0.25) is 0 Å². The number of nitrogens with one attached hydrogen (secondary N) is 1. The molecule has 0 unspecified atom stereocenters. The van der Waals surface area contributed by atoms with E-state index in [2.05, 4.69) is 21.5 Å². The van der Waals surface area contributed by atoms with Crippen LogP contribution in [-0.2, 0) is 11.3 Å². The minimum atomic E-state index is -2.07. The molecule has 2 rings (SSSR count). The molecule has 0 fully saturated rings. The Balaban J connectivity index is 2.10. The normalized spacial score (nSPS) is 11.3. The number of ether oxygens (including phenoxy) is 1. The van der Waals surface area contributed by atoms with Crippen LogP contribution in [0, 0.1) is 0 Å². The van der Waals surface area contributed by atoms with Crippen molar-refractivity contribution in [3.8, 4) is 0 Å². The number of H-pyrrole nitrogens is 1. The number of nitrogens with two attached hydrogens (primary N) is 1. The summed E-state index contributed by atoms with van der Waals surface area (Å²) in [5, 5.41) is 0. The molecule has 0 radical (unpaired) electrons. The highest BCUT2D eigenvalue weighted by molar-refractivity contribution is 7.44. The summed E-state index contributed by atoms with van der Waals surface area (Å²) in [6.07, 6.45) is 1.33. The van der Waals surface area contributed by atoms with Crippen LogP contribution < -0.4 is 11.3 Å². The molecule has 0 bridgehead atoms. The minimum Gasteiger partial charge on any atom is -0.369 e. The standard InChI is InChI=1S/C10H14N5O4P/c1-6(3-19-5-20(17)18)2-15-4-12-7-8(15)13-10(11)14-9(7)16/h4,17-18H,1-3,5H2,(H3,11,13,14,16). The monoisotopic (exact) mass is 299 g/mol. The predicted octanol–water partition coefficient (Wildman–Crippen LogP) is -0.471. The van der Waals surface area contributed by atoms with E-state index in [0.29, 0.717) is 17.8 Å². The van der Waals surface area contributed by atoms with Crippen LogP contribution in [0.25, 0.3) is 11.2 Å². The lowest BCUT2D eigenvalue weighted by Crippen LogP contribution is -2.13. The summed E-state index contributed by atoms with van der Waals surface area (Å²) in [6, 6.07) is 0. The smallest absolute Gasteiger partial charge is 0.280 e. The zero-order valence-corrected chi connectivity index (χ0v) is 11.4. The first-order valence-corrected chi connectivity index (χ1v) is 7.01. The Morgan fingerprint density at radius 2 is 2.35 bits per heavy atom. The second-order valence-corrected chi connectivity index (χ2v) is 5.10. The van der Waals surface area contributed by atoms with Gasteiger partial charge in [0, 0.05) is 6.54 Å². The molecule has 108 valence electrons. The predicted molar refractivity (Wildman–Crippen MR) is 73.9 cm³/mol. The largest absolute Gasteiger partial charge is 0.369 e. The molecule has 20 heavy (non-hydrogen) atoms. The maximum Gasteiger partial charge on any atom is 0.280 e. The first-order valence-electron chi connectivity index (χ1n) is 5.57. The van der Waals surface area contributed by atoms with E-state index in [9.17, 15) is 4.79 Å². The van der Waals surface area contributed by atoms with Crippen LogP contribution in [0.5, 0.6) is 0 Å². The van der Waals surface area contributed by atoms with Gasteiger partial charge in [-0.3, -0.25) is 9.78 Å². The molecule has 2 aromatic rings. The summed E-state index contributed by atoms with van der Waals surface area (Å²) in [6.45, 7) is 4.30. The first kappa shape index (κ1) is 14.6. The van der Waals surface area contributed by atoms with E-state index in [1.165, 1.54) is 6.33 Å². The van der Waals surface area contributed by atoms with Crippen molar-refractivity contribution in [2.24, 2.45) is 0 Å². The first-order chi connectivity index (χ1) is 9.47. The number of fused-ring (bicyclic) bond motifs is 1. The van der Waals surface area contributed by atoms with Crippen molar-refractivity contribution >= 4 is 25.5 Å². The third kappa shape index (κ3) is 3.40. The third-order valence-corrected chi connectivity index (χ3v) is 2.81. The molecule has 0 spiro atoms. The Labute approximate surface area is 114 Å². The van der Waals surface area contributed by atoms with Crippen molar-refractivity contribution in [1.29, 1.82) is 0 Å². The van der Waals surface area contributed by atoms with E-state index < -0.39 is 13.9 Å². The number of aromatic amines is 1. The highest BCUT2D eigenvalue weighted by atomic mass is 31.2. The molecule has 0 aromatic carbocycles. The number of anilines is 1. The summed E-state index contributed by atoms with van der Waals surface area (Å²) >= 11 is 0. The van der Waals surface area contributed by atoms with Gasteiger partial charge in [-0.25, -0.2) is 4.98 Å². The Morgan fingerprint density at radius 1 is 1.60 bits per heavy atom. The summed E-state index contributed by atoms with van der Waals surface area (Å²) in [5.74, 6) is 0.0114. The van der Waals surface area contributed by atoms with Crippen molar-refractivity contribution in [3.63, 3.8) is 0 Å². The van der Waals surface area contributed by atoms with Gasteiger partial charge in [0.2, 0.25) is 5.95 Å². The van der Waals surface area contributed by atoms with Gasteiger partial charge in [0.05, 0.1) is 12.9 Å². The van der Waals surface area contributed by atoms with Gasteiger partial charge in [-0.1, -0.05) is 6.58 Å². The molecule has 5 N–H and O–H groups in total. The van der Waals surface area contributed by atoms with Crippen molar-refractivity contribution < 1.29 is 14.5 Å². The number of aromatic nitrogens is 4. The fourth-order valence-electron chi connectivity index (χ4n) is 1.64. The molecule has 0 saturated heterocycles. The van der Waals surface area contributed by atoms with Gasteiger partial charge in [-0.2, -0.15) is 4.98 Å². The lowest BCUT2D eigenvalue weighted by Gasteiger charge is -2.09. The maximum atomic E-state index is 11.6. The molecular weight excluding hydrogens is 285 g/mol. The van der Waals surface area contributed by atoms with E-state index in [4.69, 9.17) is 20.3 Å². The van der Waals surface area contributed by atoms with Gasteiger partial charge in [-0.15, -0.1) is 0 Å². The quantitative estimate of drug-likeness (QED) is 0.417. The Hall–Kier alpha value is -1.80. The fourth-order valence-corrected chi connectivity index (χ4v) is 1.90. The topological polar surface area (TPSA) is 139 Å². The molecule has 0 aliphatic carbocycles. The van der Waals surface area contributed by atoms with E-state index in [0.717, 1.165) is 0 Å². The van der Waals surface area contributed by atoms with E-state index in [-0.39, 0.29) is 24.4 Å². The molecule has 9 nitrogen and oxygen atoms in total. The van der Waals surface area contributed by atoms with E-state index in [1.807, 2.05) is 0 Å². The van der Waals surface area contributed by atoms with Gasteiger partial charge in [0.1, 0.15) is 6.35 Å². The van der Waals surface area contributed by atoms with Gasteiger partial charge in [0.25, 0.3) is 5.56 Å². The molecule has 10 heteroatoms. The van der Waals surface area contributed by atoms with Gasteiger partial charge >= 0.3 is 0 Å². The van der Waals surface area contributed by atoms with Gasteiger partial charge < -0.3 is 24.8 Å². The van der Waals surface area contributed by atoms with Crippen molar-refractivity contribution in [3.05, 3.63) is 28.8 Å². The van der Waals surface area contributed by atoms with Crippen LogP contribution in [0.4, 0.5) is 5.95 Å². The SMILES string of the molecule is C=C(COCP(O)O)Cn1cnc2c(=O)[nH]c(N)nc21. The molecule has 2 heterocycles. The lowest BCUT2D eigenvalue weighted by atomic mass is 10.3. The molecule has 0 saturated carbocycles.